The number of cyclic esters (lactones) is 1. The molecule has 4 atom stereocenters. The fourth-order valence-corrected chi connectivity index (χ4v) is 4.33. The highest BCUT2D eigenvalue weighted by molar-refractivity contribution is 5.95. The Morgan fingerprint density at radius 1 is 1.05 bits per heavy atom. The van der Waals surface area contributed by atoms with Crippen LogP contribution in [0.15, 0.2) is 54.6 Å². The summed E-state index contributed by atoms with van der Waals surface area (Å²) >= 11 is 0. The predicted molar refractivity (Wildman–Crippen MR) is 146 cm³/mol. The molecular weight excluding hydrogens is 500 g/mol. The van der Waals surface area contributed by atoms with Crippen molar-refractivity contribution in [3.8, 4) is 5.75 Å². The standard InChI is InChI=1S/C30H40N2O7/c1-19(2)25-18-38-29(36)32(25)27(34)20(3)26(33)24(31-28(35)39-30(4,5)6)16-21-12-14-23(15-13-21)37-17-22-10-8-7-9-11-22/h7-15,19-20,24-26,33H,16-18H2,1-6H3,(H,31,35)/t20-,24+,25+,26-/m1/s1. The molecule has 1 saturated heterocycles. The molecule has 0 saturated carbocycles. The van der Waals surface area contributed by atoms with Crippen LogP contribution in [-0.4, -0.2) is 58.5 Å². The van der Waals surface area contributed by atoms with Gasteiger partial charge in [-0.2, -0.15) is 0 Å². The van der Waals surface area contributed by atoms with Crippen LogP contribution in [0.25, 0.3) is 0 Å². The summed E-state index contributed by atoms with van der Waals surface area (Å²) in [6.45, 7) is 11.1. The van der Waals surface area contributed by atoms with E-state index in [0.717, 1.165) is 16.0 Å². The molecule has 3 rings (SSSR count). The molecule has 2 N–H and O–H groups in total. The van der Waals surface area contributed by atoms with Crippen LogP contribution < -0.4 is 10.1 Å². The number of nitrogens with zero attached hydrogens (tertiary/aromatic N) is 1. The number of nitrogens with one attached hydrogen (secondary N) is 1. The minimum absolute atomic E-state index is 0.0111. The van der Waals surface area contributed by atoms with Crippen molar-refractivity contribution in [1.29, 1.82) is 0 Å². The summed E-state index contributed by atoms with van der Waals surface area (Å²) in [5, 5.41) is 14.0. The van der Waals surface area contributed by atoms with Crippen molar-refractivity contribution < 1.29 is 33.7 Å². The Morgan fingerprint density at radius 2 is 1.69 bits per heavy atom. The van der Waals surface area contributed by atoms with E-state index in [2.05, 4.69) is 5.32 Å². The van der Waals surface area contributed by atoms with Crippen LogP contribution >= 0.6 is 0 Å². The van der Waals surface area contributed by atoms with Crippen LogP contribution in [0.1, 0.15) is 52.7 Å². The molecule has 0 unspecified atom stereocenters. The Morgan fingerprint density at radius 3 is 2.28 bits per heavy atom. The van der Waals surface area contributed by atoms with Gasteiger partial charge in [0, 0.05) is 0 Å². The quantitative estimate of drug-likeness (QED) is 0.449. The van der Waals surface area contributed by atoms with E-state index in [1.807, 2.05) is 68.4 Å². The zero-order valence-electron chi connectivity index (χ0n) is 23.5. The average Bonchev–Trinajstić information content (AvgIpc) is 3.27. The molecule has 2 aromatic rings. The number of rotatable bonds is 10. The molecule has 1 fully saturated rings. The molecule has 0 aliphatic carbocycles. The Labute approximate surface area is 230 Å². The molecule has 9 heteroatoms. The van der Waals surface area contributed by atoms with Crippen LogP contribution in [0.5, 0.6) is 5.75 Å². The van der Waals surface area contributed by atoms with E-state index < -0.39 is 47.8 Å². The number of ether oxygens (including phenoxy) is 3. The summed E-state index contributed by atoms with van der Waals surface area (Å²) in [5.41, 5.74) is 1.11. The third-order valence-electron chi connectivity index (χ3n) is 6.56. The summed E-state index contributed by atoms with van der Waals surface area (Å²) in [6.07, 6.45) is -2.52. The van der Waals surface area contributed by atoms with Crippen molar-refractivity contribution in [2.24, 2.45) is 11.8 Å². The smallest absolute Gasteiger partial charge is 0.416 e. The topological polar surface area (TPSA) is 114 Å². The number of hydrogen-bond donors (Lipinski definition) is 2. The van der Waals surface area contributed by atoms with Gasteiger partial charge in [-0.3, -0.25) is 4.79 Å². The van der Waals surface area contributed by atoms with Gasteiger partial charge in [0.2, 0.25) is 5.91 Å². The summed E-state index contributed by atoms with van der Waals surface area (Å²) in [5.74, 6) is -0.881. The van der Waals surface area contributed by atoms with Crippen molar-refractivity contribution in [3.05, 3.63) is 65.7 Å². The number of amides is 3. The summed E-state index contributed by atoms with van der Waals surface area (Å²) in [7, 11) is 0. The van der Waals surface area contributed by atoms with Crippen molar-refractivity contribution in [1.82, 2.24) is 10.2 Å². The number of aliphatic hydroxyl groups excluding tert-OH is 1. The SMILES string of the molecule is CC(C)[C@@H]1COC(=O)N1C(=O)[C@H](C)[C@@H](O)[C@H](Cc1ccc(OCc2ccccc2)cc1)NC(=O)OC(C)(C)C. The van der Waals surface area contributed by atoms with E-state index >= 15 is 0 Å². The number of hydrogen-bond acceptors (Lipinski definition) is 7. The van der Waals surface area contributed by atoms with Gasteiger partial charge < -0.3 is 24.6 Å². The number of benzene rings is 2. The molecule has 39 heavy (non-hydrogen) atoms. The van der Waals surface area contributed by atoms with Crippen molar-refractivity contribution in [2.45, 2.75) is 78.4 Å². The van der Waals surface area contributed by atoms with Crippen molar-refractivity contribution in [3.63, 3.8) is 0 Å². The zero-order chi connectivity index (χ0) is 28.7. The van der Waals surface area contributed by atoms with Crippen LogP contribution in [0.4, 0.5) is 9.59 Å². The molecule has 0 bridgehead atoms. The lowest BCUT2D eigenvalue weighted by atomic mass is 9.91. The van der Waals surface area contributed by atoms with E-state index in [9.17, 15) is 19.5 Å². The molecule has 1 aliphatic heterocycles. The maximum absolute atomic E-state index is 13.3. The van der Waals surface area contributed by atoms with Gasteiger partial charge in [0.25, 0.3) is 0 Å². The molecule has 1 aliphatic rings. The minimum Gasteiger partial charge on any atom is -0.489 e. The highest BCUT2D eigenvalue weighted by Gasteiger charge is 2.44. The molecule has 0 aromatic heterocycles. The zero-order valence-corrected chi connectivity index (χ0v) is 23.5. The van der Waals surface area contributed by atoms with Gasteiger partial charge >= 0.3 is 12.2 Å². The van der Waals surface area contributed by atoms with Gasteiger partial charge in [-0.1, -0.05) is 63.2 Å². The van der Waals surface area contributed by atoms with Crippen LogP contribution in [-0.2, 0) is 27.3 Å². The monoisotopic (exact) mass is 540 g/mol. The first kappa shape index (κ1) is 30.0. The number of aliphatic hydroxyl groups is 1. The largest absolute Gasteiger partial charge is 0.489 e. The van der Waals surface area contributed by atoms with E-state index in [1.54, 1.807) is 27.7 Å². The van der Waals surface area contributed by atoms with E-state index in [4.69, 9.17) is 14.2 Å². The van der Waals surface area contributed by atoms with Gasteiger partial charge in [-0.05, 0) is 56.4 Å². The molecule has 9 nitrogen and oxygen atoms in total. The number of alkyl carbamates (subject to hydrolysis) is 1. The van der Waals surface area contributed by atoms with Gasteiger partial charge in [0.1, 0.15) is 24.6 Å². The first-order valence-corrected chi connectivity index (χ1v) is 13.3. The Kier molecular flexibility index (Phi) is 9.97. The first-order chi connectivity index (χ1) is 18.4. The van der Waals surface area contributed by atoms with E-state index in [1.165, 1.54) is 0 Å². The maximum atomic E-state index is 13.3. The van der Waals surface area contributed by atoms with Crippen LogP contribution in [0, 0.1) is 11.8 Å². The first-order valence-electron chi connectivity index (χ1n) is 13.3. The van der Waals surface area contributed by atoms with Gasteiger partial charge in [0.05, 0.1) is 24.1 Å². The van der Waals surface area contributed by atoms with Gasteiger partial charge in [-0.15, -0.1) is 0 Å². The number of imide groups is 1. The summed E-state index contributed by atoms with van der Waals surface area (Å²) in [4.78, 5) is 39.4. The van der Waals surface area contributed by atoms with Gasteiger partial charge in [-0.25, -0.2) is 14.5 Å². The Hall–Kier alpha value is -3.59. The molecule has 3 amide bonds. The van der Waals surface area contributed by atoms with E-state index in [-0.39, 0.29) is 18.9 Å². The molecule has 0 radical (unpaired) electrons. The molecular formula is C30H40N2O7. The summed E-state index contributed by atoms with van der Waals surface area (Å²) < 4.78 is 16.4. The summed E-state index contributed by atoms with van der Waals surface area (Å²) in [6, 6.07) is 15.8. The second-order valence-corrected chi connectivity index (χ2v) is 11.3. The minimum atomic E-state index is -1.31. The Balaban J connectivity index is 1.74. The molecule has 212 valence electrons. The Bertz CT molecular complexity index is 1110. The van der Waals surface area contributed by atoms with E-state index in [0.29, 0.717) is 12.4 Å². The number of carbonyl (C=O) groups is 3. The molecule has 2 aromatic carbocycles. The van der Waals surface area contributed by atoms with Crippen LogP contribution in [0.2, 0.25) is 0 Å². The highest BCUT2D eigenvalue weighted by Crippen LogP contribution is 2.25. The van der Waals surface area contributed by atoms with Gasteiger partial charge in [0.15, 0.2) is 0 Å². The average molecular weight is 541 g/mol. The lowest BCUT2D eigenvalue weighted by Crippen LogP contribution is -2.53. The highest BCUT2D eigenvalue weighted by atomic mass is 16.6. The lowest BCUT2D eigenvalue weighted by molar-refractivity contribution is -0.137. The second-order valence-electron chi connectivity index (χ2n) is 11.3. The normalized spacial score (nSPS) is 17.8. The third-order valence-corrected chi connectivity index (χ3v) is 6.56. The fourth-order valence-electron chi connectivity index (χ4n) is 4.33. The number of carbonyl (C=O) groups excluding carboxylic acids is 3. The fraction of sp³-hybridized carbons (Fsp3) is 0.500. The third kappa shape index (κ3) is 8.45. The second kappa shape index (κ2) is 13.0. The van der Waals surface area contributed by atoms with Crippen molar-refractivity contribution in [2.75, 3.05) is 6.61 Å². The van der Waals surface area contributed by atoms with Crippen LogP contribution in [0.3, 0.4) is 0 Å². The maximum Gasteiger partial charge on any atom is 0.416 e. The predicted octanol–water partition coefficient (Wildman–Crippen LogP) is 4.70. The molecule has 0 spiro atoms. The molecule has 1 heterocycles. The van der Waals surface area contributed by atoms with Crippen molar-refractivity contribution >= 4 is 18.1 Å². The lowest BCUT2D eigenvalue weighted by Gasteiger charge is -2.32.